The van der Waals surface area contributed by atoms with Crippen LogP contribution in [0.25, 0.3) is 5.69 Å². The number of carbonyl (C=O) groups excluding carboxylic acids is 1. The van der Waals surface area contributed by atoms with Crippen molar-refractivity contribution in [1.82, 2.24) is 9.99 Å². The molecule has 1 aromatic heterocycles. The van der Waals surface area contributed by atoms with Crippen molar-refractivity contribution in [3.63, 3.8) is 0 Å². The molecule has 39 heavy (non-hydrogen) atoms. The maximum Gasteiger partial charge on any atom is 0.264 e. The molecule has 0 aliphatic heterocycles. The van der Waals surface area contributed by atoms with Crippen LogP contribution in [0.2, 0.25) is 10.0 Å². The number of aromatic nitrogens is 1. The summed E-state index contributed by atoms with van der Waals surface area (Å²) in [5.41, 5.74) is 7.74. The molecule has 0 spiro atoms. The van der Waals surface area contributed by atoms with E-state index in [9.17, 15) is 13.2 Å². The monoisotopic (exact) mass is 582 g/mol. The molecule has 1 N–H and O–H groups in total. The van der Waals surface area contributed by atoms with Crippen molar-refractivity contribution < 1.29 is 13.2 Å². The maximum absolute atomic E-state index is 13.6. The standard InChI is InChI=1S/C29H28Cl2N4O3S/c1-19-10-11-20(2)27(14-19)34(39(37,38)25-8-6-5-7-9-25)18-29(36)33-32-17-23-15-21(3)35(22(23)4)28-16-24(30)12-13-26(28)31/h5-17H,18H2,1-4H3,(H,33,36)/b32-17+. The normalized spacial score (nSPS) is 11.6. The first-order chi connectivity index (χ1) is 18.5. The third-order valence-electron chi connectivity index (χ3n) is 6.26. The van der Waals surface area contributed by atoms with Crippen LogP contribution in [0.5, 0.6) is 0 Å². The summed E-state index contributed by atoms with van der Waals surface area (Å²) in [6, 6.07) is 20.7. The Kier molecular flexibility index (Phi) is 8.49. The summed E-state index contributed by atoms with van der Waals surface area (Å²) in [7, 11) is -4.02. The van der Waals surface area contributed by atoms with E-state index >= 15 is 0 Å². The van der Waals surface area contributed by atoms with Gasteiger partial charge < -0.3 is 4.57 Å². The quantitative estimate of drug-likeness (QED) is 0.194. The predicted molar refractivity (Wildman–Crippen MR) is 158 cm³/mol. The number of nitrogens with zero attached hydrogens (tertiary/aromatic N) is 3. The van der Waals surface area contributed by atoms with E-state index in [1.54, 1.807) is 49.4 Å². The predicted octanol–water partition coefficient (Wildman–Crippen LogP) is 6.36. The number of hydrogen-bond acceptors (Lipinski definition) is 4. The lowest BCUT2D eigenvalue weighted by molar-refractivity contribution is -0.119. The number of benzene rings is 3. The van der Waals surface area contributed by atoms with Gasteiger partial charge in [0.25, 0.3) is 15.9 Å². The van der Waals surface area contributed by atoms with E-state index in [2.05, 4.69) is 10.5 Å². The first-order valence-electron chi connectivity index (χ1n) is 12.1. The highest BCUT2D eigenvalue weighted by atomic mass is 35.5. The minimum atomic E-state index is -4.02. The van der Waals surface area contributed by atoms with Gasteiger partial charge in [-0.15, -0.1) is 0 Å². The molecule has 7 nitrogen and oxygen atoms in total. The Hall–Kier alpha value is -3.59. The molecule has 0 radical (unpaired) electrons. The second kappa shape index (κ2) is 11.7. The summed E-state index contributed by atoms with van der Waals surface area (Å²) >= 11 is 12.6. The molecule has 4 rings (SSSR count). The molecule has 1 amide bonds. The third-order valence-corrected chi connectivity index (χ3v) is 8.59. The number of halogens is 2. The van der Waals surface area contributed by atoms with Gasteiger partial charge in [-0.25, -0.2) is 13.8 Å². The largest absolute Gasteiger partial charge is 0.316 e. The van der Waals surface area contributed by atoms with Crippen LogP contribution in [-0.4, -0.2) is 31.7 Å². The molecule has 0 saturated heterocycles. The number of sulfonamides is 1. The molecule has 0 aliphatic rings. The number of amides is 1. The Labute approximate surface area is 238 Å². The molecular formula is C29H28Cl2N4O3S. The topological polar surface area (TPSA) is 83.8 Å². The average Bonchev–Trinajstić information content (AvgIpc) is 3.18. The van der Waals surface area contributed by atoms with Crippen LogP contribution in [0.4, 0.5) is 5.69 Å². The lowest BCUT2D eigenvalue weighted by Gasteiger charge is -2.25. The van der Waals surface area contributed by atoms with Crippen molar-refractivity contribution >= 4 is 51.0 Å². The van der Waals surface area contributed by atoms with Gasteiger partial charge in [-0.05, 0) is 81.3 Å². The average molecular weight is 584 g/mol. The van der Waals surface area contributed by atoms with Crippen molar-refractivity contribution in [2.75, 3.05) is 10.8 Å². The molecule has 0 saturated carbocycles. The summed E-state index contributed by atoms with van der Waals surface area (Å²) in [4.78, 5) is 13.1. The Morgan fingerprint density at radius 1 is 0.974 bits per heavy atom. The van der Waals surface area contributed by atoms with Crippen molar-refractivity contribution in [1.29, 1.82) is 0 Å². The van der Waals surface area contributed by atoms with E-state index in [4.69, 9.17) is 23.2 Å². The zero-order chi connectivity index (χ0) is 28.3. The van der Waals surface area contributed by atoms with Crippen LogP contribution in [0.1, 0.15) is 28.1 Å². The molecule has 0 fully saturated rings. The fourth-order valence-corrected chi connectivity index (χ4v) is 6.16. The smallest absolute Gasteiger partial charge is 0.264 e. The van der Waals surface area contributed by atoms with Crippen LogP contribution in [-0.2, 0) is 14.8 Å². The van der Waals surface area contributed by atoms with E-state index in [0.29, 0.717) is 15.7 Å². The van der Waals surface area contributed by atoms with Crippen LogP contribution >= 0.6 is 23.2 Å². The summed E-state index contributed by atoms with van der Waals surface area (Å²) in [5, 5.41) is 5.22. The molecule has 0 bridgehead atoms. The number of anilines is 1. The van der Waals surface area contributed by atoms with Crippen LogP contribution < -0.4 is 9.73 Å². The van der Waals surface area contributed by atoms with E-state index in [0.717, 1.165) is 38.1 Å². The molecule has 0 unspecified atom stereocenters. The van der Waals surface area contributed by atoms with Gasteiger partial charge in [-0.3, -0.25) is 9.10 Å². The zero-order valence-corrected chi connectivity index (χ0v) is 24.3. The van der Waals surface area contributed by atoms with Gasteiger partial charge in [-0.1, -0.05) is 53.5 Å². The third kappa shape index (κ3) is 6.19. The first kappa shape index (κ1) is 28.4. The maximum atomic E-state index is 13.6. The zero-order valence-electron chi connectivity index (χ0n) is 21.9. The summed E-state index contributed by atoms with van der Waals surface area (Å²) < 4.78 is 30.2. The van der Waals surface area contributed by atoms with Crippen LogP contribution in [0, 0.1) is 27.7 Å². The molecule has 10 heteroatoms. The Balaban J connectivity index is 1.59. The van der Waals surface area contributed by atoms with Gasteiger partial charge in [0.15, 0.2) is 0 Å². The number of aryl methyl sites for hydroxylation is 3. The minimum Gasteiger partial charge on any atom is -0.316 e. The molecule has 1 heterocycles. The van der Waals surface area contributed by atoms with E-state index in [1.807, 2.05) is 43.5 Å². The number of nitrogens with one attached hydrogen (secondary N) is 1. The number of rotatable bonds is 8. The van der Waals surface area contributed by atoms with Gasteiger partial charge in [-0.2, -0.15) is 5.10 Å². The molecular weight excluding hydrogens is 555 g/mol. The highest BCUT2D eigenvalue weighted by Gasteiger charge is 2.28. The van der Waals surface area contributed by atoms with Crippen molar-refractivity contribution in [3.8, 4) is 5.69 Å². The van der Waals surface area contributed by atoms with Gasteiger partial charge in [0.05, 0.1) is 27.5 Å². The number of hydrazone groups is 1. The summed E-state index contributed by atoms with van der Waals surface area (Å²) in [6.45, 7) is 7.06. The molecule has 4 aromatic rings. The minimum absolute atomic E-state index is 0.0920. The molecule has 0 aliphatic carbocycles. The van der Waals surface area contributed by atoms with Crippen molar-refractivity contribution in [2.45, 2.75) is 32.6 Å². The van der Waals surface area contributed by atoms with Gasteiger partial charge in [0, 0.05) is 22.0 Å². The fraction of sp³-hybridized carbons (Fsp3) is 0.172. The summed E-state index contributed by atoms with van der Waals surface area (Å²) in [5.74, 6) is -0.585. The second-order valence-electron chi connectivity index (χ2n) is 9.17. The van der Waals surface area contributed by atoms with Crippen LogP contribution in [0.15, 0.2) is 82.8 Å². The number of hydrogen-bond donors (Lipinski definition) is 1. The molecule has 3 aromatic carbocycles. The Morgan fingerprint density at radius 2 is 1.69 bits per heavy atom. The highest BCUT2D eigenvalue weighted by Crippen LogP contribution is 2.29. The lowest BCUT2D eigenvalue weighted by atomic mass is 10.1. The lowest BCUT2D eigenvalue weighted by Crippen LogP contribution is -2.40. The van der Waals surface area contributed by atoms with Crippen LogP contribution in [0.3, 0.4) is 0 Å². The molecule has 202 valence electrons. The van der Waals surface area contributed by atoms with Crippen molar-refractivity contribution in [3.05, 3.63) is 111 Å². The van der Waals surface area contributed by atoms with Crippen molar-refractivity contribution in [2.24, 2.45) is 5.10 Å². The highest BCUT2D eigenvalue weighted by molar-refractivity contribution is 7.92. The SMILES string of the molecule is Cc1ccc(C)c(N(CC(=O)N/N=C/c2cc(C)n(-c3cc(Cl)ccc3Cl)c2C)S(=O)(=O)c2ccccc2)c1. The fourth-order valence-electron chi connectivity index (χ4n) is 4.29. The van der Waals surface area contributed by atoms with Gasteiger partial charge in [0.2, 0.25) is 0 Å². The Bertz CT molecular complexity index is 1670. The van der Waals surface area contributed by atoms with E-state index < -0.39 is 22.5 Å². The second-order valence-corrected chi connectivity index (χ2v) is 11.9. The first-order valence-corrected chi connectivity index (χ1v) is 14.3. The molecule has 0 atom stereocenters. The number of carbonyl (C=O) groups is 1. The van der Waals surface area contributed by atoms with Gasteiger partial charge in [0.1, 0.15) is 6.54 Å². The Morgan fingerprint density at radius 3 is 2.41 bits per heavy atom. The van der Waals surface area contributed by atoms with E-state index in [-0.39, 0.29) is 4.90 Å². The van der Waals surface area contributed by atoms with E-state index in [1.165, 1.54) is 18.3 Å². The summed E-state index contributed by atoms with van der Waals surface area (Å²) in [6.07, 6.45) is 1.52. The van der Waals surface area contributed by atoms with Gasteiger partial charge >= 0.3 is 0 Å².